The number of hydrogen-bond donors (Lipinski definition) is 0. The Morgan fingerprint density at radius 3 is 2.45 bits per heavy atom. The van der Waals surface area contributed by atoms with Crippen molar-refractivity contribution in [2.24, 2.45) is 5.92 Å². The molecule has 164 valence electrons. The molecule has 1 aromatic heterocycles. The number of aromatic nitrogens is 1. The number of amides is 1. The van der Waals surface area contributed by atoms with Crippen LogP contribution in [0, 0.1) is 11.7 Å². The fraction of sp³-hybridized carbons (Fsp3) is 0.214. The first-order valence-corrected chi connectivity index (χ1v) is 11.3. The monoisotopic (exact) mass is 438 g/mol. The minimum Gasteiger partial charge on any atom is -0.338 e. The van der Waals surface area contributed by atoms with Crippen LogP contribution in [0.3, 0.4) is 0 Å². The highest BCUT2D eigenvalue weighted by molar-refractivity contribution is 5.94. The standard InChI is InChI=1S/C28H23FN2O2/c29-24-9-7-20(8-10-24)27(32)30-15-18-13-23(17-30)26-12-11-25(28(33)31(26)16-18)22-6-5-19-3-1-2-4-21(19)14-22/h1-12,14,18,23H,13,15-17H2/t18-,23-/m1/s1. The largest absolute Gasteiger partial charge is 0.338 e. The van der Waals surface area contributed by atoms with E-state index in [1.807, 2.05) is 33.7 Å². The zero-order chi connectivity index (χ0) is 22.5. The number of pyridine rings is 1. The Labute approximate surface area is 190 Å². The molecule has 0 saturated carbocycles. The highest BCUT2D eigenvalue weighted by atomic mass is 19.1. The third kappa shape index (κ3) is 3.44. The summed E-state index contributed by atoms with van der Waals surface area (Å²) in [5, 5.41) is 2.27. The van der Waals surface area contributed by atoms with E-state index in [0.717, 1.165) is 28.5 Å². The molecule has 1 fully saturated rings. The second-order valence-corrected chi connectivity index (χ2v) is 9.17. The number of carbonyl (C=O) groups excluding carboxylic acids is 1. The lowest BCUT2D eigenvalue weighted by Crippen LogP contribution is -2.49. The van der Waals surface area contributed by atoms with Crippen LogP contribution >= 0.6 is 0 Å². The minimum atomic E-state index is -0.349. The van der Waals surface area contributed by atoms with Crippen molar-refractivity contribution in [3.63, 3.8) is 0 Å². The molecule has 2 aliphatic heterocycles. The molecule has 5 heteroatoms. The number of hydrogen-bond acceptors (Lipinski definition) is 2. The molecule has 0 radical (unpaired) electrons. The van der Waals surface area contributed by atoms with Crippen molar-refractivity contribution in [1.29, 1.82) is 0 Å². The summed E-state index contributed by atoms with van der Waals surface area (Å²) in [5.41, 5.74) is 3.18. The molecule has 0 N–H and O–H groups in total. The number of rotatable bonds is 2. The highest BCUT2D eigenvalue weighted by Gasteiger charge is 2.37. The summed E-state index contributed by atoms with van der Waals surface area (Å²) < 4.78 is 15.2. The van der Waals surface area contributed by atoms with Crippen molar-refractivity contribution in [1.82, 2.24) is 9.47 Å². The number of halogens is 1. The lowest BCUT2D eigenvalue weighted by molar-refractivity contribution is 0.0594. The Bertz CT molecular complexity index is 1440. The third-order valence-electron chi connectivity index (χ3n) is 7.04. The number of nitrogens with zero attached hydrogens (tertiary/aromatic N) is 2. The average Bonchev–Trinajstić information content (AvgIpc) is 2.84. The first-order valence-electron chi connectivity index (χ1n) is 11.3. The van der Waals surface area contributed by atoms with E-state index in [4.69, 9.17) is 0 Å². The molecular formula is C28H23FN2O2. The molecule has 4 nitrogen and oxygen atoms in total. The van der Waals surface area contributed by atoms with Gasteiger partial charge in [0.15, 0.2) is 0 Å². The Hall–Kier alpha value is -3.73. The first kappa shape index (κ1) is 19.9. The zero-order valence-corrected chi connectivity index (χ0v) is 18.1. The van der Waals surface area contributed by atoms with Crippen LogP contribution in [0.2, 0.25) is 0 Å². The van der Waals surface area contributed by atoms with E-state index < -0.39 is 0 Å². The SMILES string of the molecule is O=C(c1ccc(F)cc1)N1C[C@H]2C[C@H](C1)c1ccc(-c3ccc4ccccc4c3)c(=O)n1C2. The average molecular weight is 439 g/mol. The molecule has 33 heavy (non-hydrogen) atoms. The van der Waals surface area contributed by atoms with Gasteiger partial charge in [-0.2, -0.15) is 0 Å². The van der Waals surface area contributed by atoms with Crippen molar-refractivity contribution in [2.45, 2.75) is 18.9 Å². The lowest BCUT2D eigenvalue weighted by atomic mass is 9.82. The van der Waals surface area contributed by atoms with E-state index in [1.165, 1.54) is 24.3 Å². The van der Waals surface area contributed by atoms with Gasteiger partial charge in [-0.15, -0.1) is 0 Å². The fourth-order valence-electron chi connectivity index (χ4n) is 5.46. The fourth-order valence-corrected chi connectivity index (χ4v) is 5.46. The summed E-state index contributed by atoms with van der Waals surface area (Å²) in [5.74, 6) is -0.0729. The van der Waals surface area contributed by atoms with Crippen molar-refractivity contribution >= 4 is 16.7 Å². The van der Waals surface area contributed by atoms with Gasteiger partial charge in [0.1, 0.15) is 5.82 Å². The van der Waals surface area contributed by atoms with Crippen LogP contribution in [0.1, 0.15) is 28.4 Å². The van der Waals surface area contributed by atoms with Crippen LogP contribution < -0.4 is 5.56 Å². The van der Waals surface area contributed by atoms with Gasteiger partial charge in [0, 0.05) is 42.4 Å². The number of benzene rings is 3. The van der Waals surface area contributed by atoms with E-state index in [1.54, 1.807) is 0 Å². The van der Waals surface area contributed by atoms with Crippen molar-refractivity contribution < 1.29 is 9.18 Å². The van der Waals surface area contributed by atoms with Crippen LogP contribution in [0.4, 0.5) is 4.39 Å². The first-order chi connectivity index (χ1) is 16.1. The maximum absolute atomic E-state index is 13.5. The smallest absolute Gasteiger partial charge is 0.258 e. The van der Waals surface area contributed by atoms with Crippen molar-refractivity contribution in [2.75, 3.05) is 13.1 Å². The molecule has 3 aromatic carbocycles. The quantitative estimate of drug-likeness (QED) is 0.439. The summed E-state index contributed by atoms with van der Waals surface area (Å²) in [7, 11) is 0. The van der Waals surface area contributed by atoms with Crippen LogP contribution in [-0.4, -0.2) is 28.5 Å². The normalized spacial score (nSPS) is 19.4. The van der Waals surface area contributed by atoms with E-state index in [-0.39, 0.29) is 29.1 Å². The maximum atomic E-state index is 13.5. The number of piperidine rings is 1. The molecular weight excluding hydrogens is 415 g/mol. The summed E-state index contributed by atoms with van der Waals surface area (Å²) in [4.78, 5) is 28.4. The van der Waals surface area contributed by atoms with Crippen molar-refractivity contribution in [3.8, 4) is 11.1 Å². The second-order valence-electron chi connectivity index (χ2n) is 9.17. The molecule has 0 spiro atoms. The molecule has 2 atom stereocenters. The predicted octanol–water partition coefficient (Wildman–Crippen LogP) is 5.07. The molecule has 4 aromatic rings. The van der Waals surface area contributed by atoms with Gasteiger partial charge in [-0.05, 0) is 71.1 Å². The molecule has 1 saturated heterocycles. The van der Waals surface area contributed by atoms with Crippen LogP contribution in [-0.2, 0) is 6.54 Å². The summed E-state index contributed by atoms with van der Waals surface area (Å²) in [6.07, 6.45) is 0.974. The van der Waals surface area contributed by atoms with Crippen LogP contribution in [0.15, 0.2) is 83.7 Å². The topological polar surface area (TPSA) is 42.3 Å². The number of carbonyl (C=O) groups is 1. The number of likely N-dealkylation sites (tertiary alicyclic amines) is 1. The molecule has 6 rings (SSSR count). The third-order valence-corrected chi connectivity index (χ3v) is 7.04. The van der Waals surface area contributed by atoms with Crippen LogP contribution in [0.25, 0.3) is 21.9 Å². The van der Waals surface area contributed by atoms with E-state index in [2.05, 4.69) is 30.3 Å². The van der Waals surface area contributed by atoms with Gasteiger partial charge >= 0.3 is 0 Å². The van der Waals surface area contributed by atoms with Gasteiger partial charge in [0.2, 0.25) is 0 Å². The Kier molecular flexibility index (Phi) is 4.64. The highest BCUT2D eigenvalue weighted by Crippen LogP contribution is 2.36. The Morgan fingerprint density at radius 1 is 0.848 bits per heavy atom. The molecule has 2 aliphatic rings. The van der Waals surface area contributed by atoms with Gasteiger partial charge in [-0.25, -0.2) is 4.39 Å². The van der Waals surface area contributed by atoms with Crippen LogP contribution in [0.5, 0.6) is 0 Å². The molecule has 3 heterocycles. The Morgan fingerprint density at radius 2 is 1.64 bits per heavy atom. The molecule has 2 bridgehead atoms. The summed E-state index contributed by atoms with van der Waals surface area (Å²) in [6.45, 7) is 1.79. The summed E-state index contributed by atoms with van der Waals surface area (Å²) in [6, 6.07) is 24.0. The maximum Gasteiger partial charge on any atom is 0.258 e. The molecule has 1 amide bonds. The molecule has 0 aliphatic carbocycles. The van der Waals surface area contributed by atoms with Gasteiger partial charge in [-0.3, -0.25) is 9.59 Å². The van der Waals surface area contributed by atoms with E-state index in [0.29, 0.717) is 30.8 Å². The van der Waals surface area contributed by atoms with E-state index >= 15 is 0 Å². The van der Waals surface area contributed by atoms with Gasteiger partial charge in [-0.1, -0.05) is 36.4 Å². The van der Waals surface area contributed by atoms with Crippen molar-refractivity contribution in [3.05, 3.63) is 106 Å². The van der Waals surface area contributed by atoms with E-state index in [9.17, 15) is 14.0 Å². The number of fused-ring (bicyclic) bond motifs is 5. The summed E-state index contributed by atoms with van der Waals surface area (Å²) >= 11 is 0. The predicted molar refractivity (Wildman–Crippen MR) is 127 cm³/mol. The van der Waals surface area contributed by atoms with Gasteiger partial charge in [0.05, 0.1) is 0 Å². The van der Waals surface area contributed by atoms with Gasteiger partial charge < -0.3 is 9.47 Å². The lowest BCUT2D eigenvalue weighted by Gasteiger charge is -2.43. The zero-order valence-electron chi connectivity index (χ0n) is 18.1. The minimum absolute atomic E-state index is 0.0378. The Balaban J connectivity index is 1.32. The molecule has 0 unspecified atom stereocenters. The second kappa shape index (κ2) is 7.69. The van der Waals surface area contributed by atoms with Gasteiger partial charge in [0.25, 0.3) is 11.5 Å².